The predicted molar refractivity (Wildman–Crippen MR) is 61.9 cm³/mol. The van der Waals surface area contributed by atoms with Gasteiger partial charge in [0.05, 0.1) is 0 Å². The van der Waals surface area contributed by atoms with Crippen molar-refractivity contribution < 1.29 is 9.90 Å². The summed E-state index contributed by atoms with van der Waals surface area (Å²) >= 11 is 0. The van der Waals surface area contributed by atoms with E-state index in [0.29, 0.717) is 6.04 Å². The zero-order valence-corrected chi connectivity index (χ0v) is 9.39. The number of carboxylic acid groups (broad SMARTS) is 1. The maximum Gasteiger partial charge on any atom is 0.354 e. The van der Waals surface area contributed by atoms with Gasteiger partial charge in [0.15, 0.2) is 5.69 Å². The van der Waals surface area contributed by atoms with Crippen molar-refractivity contribution in [1.82, 2.24) is 4.98 Å². The molecule has 86 valence electrons. The molecule has 1 saturated carbocycles. The van der Waals surface area contributed by atoms with E-state index >= 15 is 0 Å². The average molecular weight is 220 g/mol. The van der Waals surface area contributed by atoms with Crippen LogP contribution in [-0.2, 0) is 0 Å². The van der Waals surface area contributed by atoms with Crippen molar-refractivity contribution in [3.05, 3.63) is 23.9 Å². The van der Waals surface area contributed by atoms with Crippen LogP contribution < -0.4 is 4.90 Å². The summed E-state index contributed by atoms with van der Waals surface area (Å²) in [5.41, 5.74) is 0.124. The van der Waals surface area contributed by atoms with Gasteiger partial charge in [0.25, 0.3) is 0 Å². The molecule has 1 aliphatic rings. The standard InChI is InChI=1S/C12H16N2O2/c1-2-8-14(9-6-7-9)11-5-3-4-10(13-11)12(15)16/h3-5,9H,2,6-8H2,1H3,(H,15,16). The van der Waals surface area contributed by atoms with Crippen molar-refractivity contribution in [1.29, 1.82) is 0 Å². The minimum atomic E-state index is -0.964. The Balaban J connectivity index is 2.22. The van der Waals surface area contributed by atoms with Gasteiger partial charge in [-0.3, -0.25) is 0 Å². The molecule has 0 spiro atoms. The smallest absolute Gasteiger partial charge is 0.354 e. The van der Waals surface area contributed by atoms with Crippen molar-refractivity contribution in [2.75, 3.05) is 11.4 Å². The van der Waals surface area contributed by atoms with E-state index in [2.05, 4.69) is 16.8 Å². The highest BCUT2D eigenvalue weighted by molar-refractivity contribution is 5.85. The molecular weight excluding hydrogens is 204 g/mol. The Labute approximate surface area is 94.9 Å². The van der Waals surface area contributed by atoms with Gasteiger partial charge >= 0.3 is 5.97 Å². The molecule has 0 radical (unpaired) electrons. The summed E-state index contributed by atoms with van der Waals surface area (Å²) in [6, 6.07) is 5.75. The molecule has 1 N–H and O–H groups in total. The first-order chi connectivity index (χ1) is 7.72. The molecular formula is C12H16N2O2. The van der Waals surface area contributed by atoms with Crippen LogP contribution in [0.2, 0.25) is 0 Å². The topological polar surface area (TPSA) is 53.4 Å². The van der Waals surface area contributed by atoms with E-state index in [1.165, 1.54) is 18.9 Å². The third kappa shape index (κ3) is 2.32. The Morgan fingerprint density at radius 2 is 2.31 bits per heavy atom. The van der Waals surface area contributed by atoms with Gasteiger partial charge in [-0.2, -0.15) is 0 Å². The molecule has 1 fully saturated rings. The Hall–Kier alpha value is -1.58. The van der Waals surface area contributed by atoms with Crippen molar-refractivity contribution >= 4 is 11.8 Å². The number of carbonyl (C=O) groups is 1. The van der Waals surface area contributed by atoms with E-state index in [9.17, 15) is 4.79 Å². The van der Waals surface area contributed by atoms with Gasteiger partial charge in [0.1, 0.15) is 5.82 Å². The van der Waals surface area contributed by atoms with Gasteiger partial charge in [0.2, 0.25) is 0 Å². The minimum Gasteiger partial charge on any atom is -0.477 e. The number of pyridine rings is 1. The van der Waals surface area contributed by atoms with E-state index in [1.54, 1.807) is 6.07 Å². The molecule has 1 aromatic rings. The molecule has 0 atom stereocenters. The minimum absolute atomic E-state index is 0.124. The monoisotopic (exact) mass is 220 g/mol. The summed E-state index contributed by atoms with van der Waals surface area (Å²) in [6.45, 7) is 3.07. The lowest BCUT2D eigenvalue weighted by atomic mass is 10.3. The molecule has 0 unspecified atom stereocenters. The third-order valence-corrected chi connectivity index (χ3v) is 2.70. The Bertz CT molecular complexity index is 388. The number of aromatic nitrogens is 1. The van der Waals surface area contributed by atoms with Crippen molar-refractivity contribution in [2.45, 2.75) is 32.2 Å². The van der Waals surface area contributed by atoms with Crippen LogP contribution >= 0.6 is 0 Å². The maximum atomic E-state index is 10.8. The Morgan fingerprint density at radius 3 is 2.88 bits per heavy atom. The first-order valence-electron chi connectivity index (χ1n) is 5.69. The van der Waals surface area contributed by atoms with Crippen LogP contribution in [0.4, 0.5) is 5.82 Å². The molecule has 1 heterocycles. The fraction of sp³-hybridized carbons (Fsp3) is 0.500. The van der Waals surface area contributed by atoms with Gasteiger partial charge in [-0.25, -0.2) is 9.78 Å². The van der Waals surface area contributed by atoms with Crippen LogP contribution in [0.5, 0.6) is 0 Å². The largest absolute Gasteiger partial charge is 0.477 e. The summed E-state index contributed by atoms with van der Waals surface area (Å²) < 4.78 is 0. The fourth-order valence-corrected chi connectivity index (χ4v) is 1.81. The van der Waals surface area contributed by atoms with Crippen LogP contribution in [0.15, 0.2) is 18.2 Å². The van der Waals surface area contributed by atoms with Crippen molar-refractivity contribution in [3.8, 4) is 0 Å². The lowest BCUT2D eigenvalue weighted by Gasteiger charge is -2.22. The molecule has 1 aromatic heterocycles. The van der Waals surface area contributed by atoms with Crippen LogP contribution in [0, 0.1) is 0 Å². The molecule has 1 aliphatic carbocycles. The molecule has 0 amide bonds. The lowest BCUT2D eigenvalue weighted by Crippen LogP contribution is -2.27. The lowest BCUT2D eigenvalue weighted by molar-refractivity contribution is 0.0690. The summed E-state index contributed by atoms with van der Waals surface area (Å²) in [5, 5.41) is 8.89. The predicted octanol–water partition coefficient (Wildman–Crippen LogP) is 2.16. The van der Waals surface area contributed by atoms with Gasteiger partial charge in [-0.15, -0.1) is 0 Å². The Kier molecular flexibility index (Phi) is 3.08. The summed E-state index contributed by atoms with van der Waals surface area (Å²) in [6.07, 6.45) is 3.44. The number of aromatic carboxylic acids is 1. The first-order valence-corrected chi connectivity index (χ1v) is 5.69. The highest BCUT2D eigenvalue weighted by Gasteiger charge is 2.29. The molecule has 0 aliphatic heterocycles. The molecule has 0 aromatic carbocycles. The zero-order valence-electron chi connectivity index (χ0n) is 9.39. The second-order valence-electron chi connectivity index (χ2n) is 4.11. The number of hydrogen-bond donors (Lipinski definition) is 1. The second kappa shape index (κ2) is 4.51. The first kappa shape index (κ1) is 10.9. The molecule has 16 heavy (non-hydrogen) atoms. The van der Waals surface area contributed by atoms with Gasteiger partial charge in [0, 0.05) is 12.6 Å². The average Bonchev–Trinajstić information content (AvgIpc) is 3.10. The number of carboxylic acids is 1. The summed E-state index contributed by atoms with van der Waals surface area (Å²) in [7, 11) is 0. The van der Waals surface area contributed by atoms with Crippen LogP contribution in [0.25, 0.3) is 0 Å². The number of hydrogen-bond acceptors (Lipinski definition) is 3. The summed E-state index contributed by atoms with van der Waals surface area (Å²) in [5.74, 6) is -0.168. The SMILES string of the molecule is CCCN(c1cccc(C(=O)O)n1)C1CC1. The van der Waals surface area contributed by atoms with Crippen LogP contribution in [0.3, 0.4) is 0 Å². The van der Waals surface area contributed by atoms with Gasteiger partial charge in [-0.1, -0.05) is 13.0 Å². The molecule has 4 nitrogen and oxygen atoms in total. The van der Waals surface area contributed by atoms with Gasteiger partial charge in [-0.05, 0) is 31.4 Å². The maximum absolute atomic E-state index is 10.8. The normalized spacial score (nSPS) is 14.8. The Morgan fingerprint density at radius 1 is 1.56 bits per heavy atom. The fourth-order valence-electron chi connectivity index (χ4n) is 1.81. The van der Waals surface area contributed by atoms with Crippen LogP contribution in [0.1, 0.15) is 36.7 Å². The van der Waals surface area contributed by atoms with Crippen LogP contribution in [-0.4, -0.2) is 28.6 Å². The van der Waals surface area contributed by atoms with Crippen molar-refractivity contribution in [3.63, 3.8) is 0 Å². The highest BCUT2D eigenvalue weighted by Crippen LogP contribution is 2.30. The number of rotatable bonds is 5. The summed E-state index contributed by atoms with van der Waals surface area (Å²) in [4.78, 5) is 17.2. The van der Waals surface area contributed by atoms with E-state index in [4.69, 9.17) is 5.11 Å². The quantitative estimate of drug-likeness (QED) is 0.826. The molecule has 0 saturated heterocycles. The molecule has 4 heteroatoms. The zero-order chi connectivity index (χ0) is 11.5. The molecule has 2 rings (SSSR count). The van der Waals surface area contributed by atoms with Crippen molar-refractivity contribution in [2.24, 2.45) is 0 Å². The second-order valence-corrected chi connectivity index (χ2v) is 4.11. The van der Waals surface area contributed by atoms with E-state index in [-0.39, 0.29) is 5.69 Å². The number of anilines is 1. The van der Waals surface area contributed by atoms with E-state index in [1.807, 2.05) is 6.07 Å². The number of nitrogens with zero attached hydrogens (tertiary/aromatic N) is 2. The van der Waals surface area contributed by atoms with E-state index < -0.39 is 5.97 Å². The highest BCUT2D eigenvalue weighted by atomic mass is 16.4. The third-order valence-electron chi connectivity index (χ3n) is 2.70. The van der Waals surface area contributed by atoms with Gasteiger partial charge < -0.3 is 10.0 Å². The van der Waals surface area contributed by atoms with E-state index in [0.717, 1.165) is 18.8 Å². The molecule has 0 bridgehead atoms.